The Bertz CT molecular complexity index is 780. The Hall–Kier alpha value is -1.45. The van der Waals surface area contributed by atoms with Crippen molar-refractivity contribution < 1.29 is 8.42 Å². The number of hydrogen-bond donors (Lipinski definition) is 1. The molecule has 0 saturated carbocycles. The summed E-state index contributed by atoms with van der Waals surface area (Å²) >= 11 is 0. The summed E-state index contributed by atoms with van der Waals surface area (Å²) in [6.45, 7) is 6.27. The third kappa shape index (κ3) is 3.01. The van der Waals surface area contributed by atoms with Crippen molar-refractivity contribution in [2.75, 3.05) is 19.6 Å². The Morgan fingerprint density at radius 1 is 1.27 bits per heavy atom. The van der Waals surface area contributed by atoms with Gasteiger partial charge in [-0.15, -0.1) is 0 Å². The van der Waals surface area contributed by atoms with E-state index < -0.39 is 26.2 Å². The standard InChI is InChI=1S/C13H22N4O4S/c1-5-17-6-9(2)10(7-17)14-22(20,21)11-8-15(3)13(19)16(4)12(11)18/h8-10,14H,5-7H2,1-4H3/t9-,10+/m0/s1. The lowest BCUT2D eigenvalue weighted by Gasteiger charge is -2.17. The number of likely N-dealkylation sites (tertiary alicyclic amines) is 1. The van der Waals surface area contributed by atoms with E-state index in [0.717, 1.165) is 28.4 Å². The fourth-order valence-corrected chi connectivity index (χ4v) is 4.20. The lowest BCUT2D eigenvalue weighted by molar-refractivity contribution is 0.344. The van der Waals surface area contributed by atoms with E-state index in [-0.39, 0.29) is 12.0 Å². The van der Waals surface area contributed by atoms with Crippen LogP contribution in [0.25, 0.3) is 0 Å². The summed E-state index contributed by atoms with van der Waals surface area (Å²) in [4.78, 5) is 25.5. The molecule has 0 radical (unpaired) electrons. The number of nitrogens with zero attached hydrogens (tertiary/aromatic N) is 3. The van der Waals surface area contributed by atoms with Crippen LogP contribution in [-0.2, 0) is 24.1 Å². The van der Waals surface area contributed by atoms with Gasteiger partial charge in [-0.3, -0.25) is 9.36 Å². The normalized spacial score (nSPS) is 23.1. The van der Waals surface area contributed by atoms with Gasteiger partial charge in [0.1, 0.15) is 0 Å². The van der Waals surface area contributed by atoms with Crippen LogP contribution >= 0.6 is 0 Å². The van der Waals surface area contributed by atoms with Gasteiger partial charge in [-0.2, -0.15) is 0 Å². The lowest BCUT2D eigenvalue weighted by Crippen LogP contribution is -2.45. The zero-order valence-electron chi connectivity index (χ0n) is 13.2. The molecule has 2 heterocycles. The molecule has 8 nitrogen and oxygen atoms in total. The molecular formula is C13H22N4O4S. The van der Waals surface area contributed by atoms with Gasteiger partial charge in [0.25, 0.3) is 5.56 Å². The first-order chi connectivity index (χ1) is 10.2. The van der Waals surface area contributed by atoms with Crippen LogP contribution in [0.5, 0.6) is 0 Å². The monoisotopic (exact) mass is 330 g/mol. The van der Waals surface area contributed by atoms with Gasteiger partial charge in [0.15, 0.2) is 4.90 Å². The van der Waals surface area contributed by atoms with Crippen molar-refractivity contribution in [2.24, 2.45) is 20.0 Å². The van der Waals surface area contributed by atoms with E-state index in [9.17, 15) is 18.0 Å². The minimum Gasteiger partial charge on any atom is -0.302 e. The first-order valence-corrected chi connectivity index (χ1v) is 8.67. The summed E-state index contributed by atoms with van der Waals surface area (Å²) < 4.78 is 29.5. The molecule has 0 spiro atoms. The number of aryl methyl sites for hydroxylation is 1. The average molecular weight is 330 g/mol. The Kier molecular flexibility index (Phi) is 4.59. The van der Waals surface area contributed by atoms with Crippen LogP contribution in [0.15, 0.2) is 20.7 Å². The third-order valence-corrected chi connectivity index (χ3v) is 5.62. The summed E-state index contributed by atoms with van der Waals surface area (Å²) in [7, 11) is -1.29. The second-order valence-corrected chi connectivity index (χ2v) is 7.49. The SMILES string of the molecule is CCN1C[C@H](C)[C@H](NS(=O)(=O)c2cn(C)c(=O)n(C)c2=O)C1. The largest absolute Gasteiger partial charge is 0.330 e. The summed E-state index contributed by atoms with van der Waals surface area (Å²) in [6, 6.07) is -0.244. The number of rotatable bonds is 4. The fourth-order valence-electron chi connectivity index (χ4n) is 2.70. The van der Waals surface area contributed by atoms with Crippen molar-refractivity contribution in [3.05, 3.63) is 27.0 Å². The van der Waals surface area contributed by atoms with Gasteiger partial charge in [0.05, 0.1) is 0 Å². The lowest BCUT2D eigenvalue weighted by atomic mass is 10.1. The maximum Gasteiger partial charge on any atom is 0.330 e. The fraction of sp³-hybridized carbons (Fsp3) is 0.692. The van der Waals surface area contributed by atoms with Crippen molar-refractivity contribution in [1.82, 2.24) is 18.8 Å². The van der Waals surface area contributed by atoms with Crippen LogP contribution in [-0.4, -0.2) is 48.1 Å². The zero-order valence-corrected chi connectivity index (χ0v) is 14.1. The van der Waals surface area contributed by atoms with Crippen molar-refractivity contribution in [3.8, 4) is 0 Å². The van der Waals surface area contributed by atoms with Crippen LogP contribution < -0.4 is 16.0 Å². The van der Waals surface area contributed by atoms with Crippen LogP contribution in [0.4, 0.5) is 0 Å². The van der Waals surface area contributed by atoms with E-state index >= 15 is 0 Å². The molecule has 1 aliphatic heterocycles. The molecule has 1 fully saturated rings. The second-order valence-electron chi connectivity index (χ2n) is 5.81. The van der Waals surface area contributed by atoms with Crippen molar-refractivity contribution >= 4 is 10.0 Å². The van der Waals surface area contributed by atoms with Gasteiger partial charge < -0.3 is 9.47 Å². The average Bonchev–Trinajstić information content (AvgIpc) is 2.80. The molecule has 9 heteroatoms. The highest BCUT2D eigenvalue weighted by atomic mass is 32.2. The minimum absolute atomic E-state index is 0.158. The number of likely N-dealkylation sites (N-methyl/N-ethyl adjacent to an activating group) is 1. The van der Waals surface area contributed by atoms with Crippen molar-refractivity contribution in [1.29, 1.82) is 0 Å². The van der Waals surface area contributed by atoms with Gasteiger partial charge in [-0.25, -0.2) is 17.9 Å². The van der Waals surface area contributed by atoms with E-state index in [2.05, 4.69) is 9.62 Å². The molecule has 0 aromatic carbocycles. The first kappa shape index (κ1) is 16.9. The first-order valence-electron chi connectivity index (χ1n) is 7.18. The molecule has 0 amide bonds. The Morgan fingerprint density at radius 3 is 2.45 bits per heavy atom. The van der Waals surface area contributed by atoms with E-state index in [1.807, 2.05) is 13.8 Å². The van der Waals surface area contributed by atoms with Gasteiger partial charge in [0.2, 0.25) is 10.0 Å². The van der Waals surface area contributed by atoms with Crippen LogP contribution in [0.1, 0.15) is 13.8 Å². The topological polar surface area (TPSA) is 93.4 Å². The van der Waals surface area contributed by atoms with E-state index in [1.165, 1.54) is 14.1 Å². The van der Waals surface area contributed by atoms with Gasteiger partial charge >= 0.3 is 5.69 Å². The number of hydrogen-bond acceptors (Lipinski definition) is 5. The van der Waals surface area contributed by atoms with Crippen molar-refractivity contribution in [3.63, 3.8) is 0 Å². The third-order valence-electron chi connectivity index (χ3n) is 4.15. The second kappa shape index (κ2) is 5.98. The Labute approximate surface area is 129 Å². The number of nitrogens with one attached hydrogen (secondary N) is 1. The van der Waals surface area contributed by atoms with Crippen LogP contribution in [0.3, 0.4) is 0 Å². The maximum atomic E-state index is 12.5. The molecule has 1 saturated heterocycles. The maximum absolute atomic E-state index is 12.5. The summed E-state index contributed by atoms with van der Waals surface area (Å²) in [5, 5.41) is 0. The highest BCUT2D eigenvalue weighted by Crippen LogP contribution is 2.17. The molecule has 1 aliphatic rings. The zero-order chi connectivity index (χ0) is 16.7. The van der Waals surface area contributed by atoms with Crippen LogP contribution in [0.2, 0.25) is 0 Å². The minimum atomic E-state index is -3.97. The molecule has 0 bridgehead atoms. The van der Waals surface area contributed by atoms with Crippen molar-refractivity contribution in [2.45, 2.75) is 24.8 Å². The molecule has 22 heavy (non-hydrogen) atoms. The molecule has 2 rings (SSSR count). The van der Waals surface area contributed by atoms with Crippen LogP contribution in [0, 0.1) is 5.92 Å². The molecule has 1 aromatic heterocycles. The quantitative estimate of drug-likeness (QED) is 0.741. The molecule has 1 N–H and O–H groups in total. The summed E-state index contributed by atoms with van der Waals surface area (Å²) in [5.74, 6) is 0.158. The summed E-state index contributed by atoms with van der Waals surface area (Å²) in [6.07, 6.45) is 1.07. The molecule has 0 unspecified atom stereocenters. The Morgan fingerprint density at radius 2 is 1.91 bits per heavy atom. The molecule has 2 atom stereocenters. The van der Waals surface area contributed by atoms with E-state index in [1.54, 1.807) is 0 Å². The number of aromatic nitrogens is 2. The van der Waals surface area contributed by atoms with Gasteiger partial charge in [0, 0.05) is 39.4 Å². The molecule has 0 aliphatic carbocycles. The molecule has 124 valence electrons. The highest BCUT2D eigenvalue weighted by molar-refractivity contribution is 7.89. The van der Waals surface area contributed by atoms with E-state index in [4.69, 9.17) is 0 Å². The molecule has 1 aromatic rings. The summed E-state index contributed by atoms with van der Waals surface area (Å²) in [5.41, 5.74) is -1.37. The van der Waals surface area contributed by atoms with Gasteiger partial charge in [-0.1, -0.05) is 13.8 Å². The smallest absolute Gasteiger partial charge is 0.302 e. The number of sulfonamides is 1. The van der Waals surface area contributed by atoms with Gasteiger partial charge in [-0.05, 0) is 12.5 Å². The Balaban J connectivity index is 2.37. The predicted octanol–water partition coefficient (Wildman–Crippen LogP) is -1.30. The predicted molar refractivity (Wildman–Crippen MR) is 82.3 cm³/mol. The molecular weight excluding hydrogens is 308 g/mol. The highest BCUT2D eigenvalue weighted by Gasteiger charge is 2.33. The van der Waals surface area contributed by atoms with E-state index in [0.29, 0.717) is 6.54 Å².